The van der Waals surface area contributed by atoms with Crippen LogP contribution in [0.2, 0.25) is 0 Å². The number of hydrogen-bond acceptors (Lipinski definition) is 4. The van der Waals surface area contributed by atoms with E-state index in [4.69, 9.17) is 0 Å². The molecule has 0 saturated carbocycles. The second-order valence-electron chi connectivity index (χ2n) is 7.08. The first-order valence-electron chi connectivity index (χ1n) is 9.09. The lowest BCUT2D eigenvalue weighted by Gasteiger charge is -2.12. The number of anilines is 1. The van der Waals surface area contributed by atoms with Crippen LogP contribution in [-0.2, 0) is 26.8 Å². The van der Waals surface area contributed by atoms with Gasteiger partial charge in [-0.15, -0.1) is 0 Å². The summed E-state index contributed by atoms with van der Waals surface area (Å²) in [7, 11) is -3.13. The lowest BCUT2D eigenvalue weighted by Crippen LogP contribution is -2.31. The molecule has 0 aliphatic heterocycles. The Labute approximate surface area is 162 Å². The molecule has 0 radical (unpaired) electrons. The predicted molar refractivity (Wildman–Crippen MR) is 111 cm³/mol. The molecule has 2 aromatic carbocycles. The second kappa shape index (κ2) is 9.55. The Morgan fingerprint density at radius 3 is 2.33 bits per heavy atom. The molecule has 0 bridgehead atoms. The fraction of sp³-hybridized carbons (Fsp3) is 0.381. The van der Waals surface area contributed by atoms with Crippen molar-refractivity contribution in [2.75, 3.05) is 24.7 Å². The van der Waals surface area contributed by atoms with Gasteiger partial charge < -0.3 is 10.6 Å². The number of sulfone groups is 1. The van der Waals surface area contributed by atoms with Crippen molar-refractivity contribution < 1.29 is 13.2 Å². The van der Waals surface area contributed by atoms with Crippen molar-refractivity contribution in [3.63, 3.8) is 0 Å². The van der Waals surface area contributed by atoms with Crippen LogP contribution in [0.25, 0.3) is 0 Å². The van der Waals surface area contributed by atoms with Crippen LogP contribution in [0.15, 0.2) is 48.5 Å². The van der Waals surface area contributed by atoms with Crippen LogP contribution in [-0.4, -0.2) is 33.7 Å². The standard InChI is InChI=1S/C21H28N2O3S/c1-16(2)18-10-8-17(9-11-18)12-13-22-21(24)14-23-20-7-5-4-6-19(20)15-27(3,25)26/h4-11,16,23H,12-15H2,1-3H3,(H,22,24). The first kappa shape index (κ1) is 21.0. The minimum atomic E-state index is -3.13. The number of amides is 1. The fourth-order valence-electron chi connectivity index (χ4n) is 2.75. The van der Waals surface area contributed by atoms with E-state index in [1.54, 1.807) is 18.2 Å². The number of rotatable bonds is 9. The monoisotopic (exact) mass is 388 g/mol. The molecule has 2 aromatic rings. The van der Waals surface area contributed by atoms with E-state index in [-0.39, 0.29) is 18.2 Å². The first-order valence-corrected chi connectivity index (χ1v) is 11.2. The van der Waals surface area contributed by atoms with Gasteiger partial charge in [0.25, 0.3) is 0 Å². The molecular weight excluding hydrogens is 360 g/mol. The van der Waals surface area contributed by atoms with Gasteiger partial charge in [-0.3, -0.25) is 4.79 Å². The van der Waals surface area contributed by atoms with Crippen molar-refractivity contribution in [1.82, 2.24) is 5.32 Å². The van der Waals surface area contributed by atoms with Gasteiger partial charge in [0.1, 0.15) is 0 Å². The molecule has 0 spiro atoms. The quantitative estimate of drug-likeness (QED) is 0.692. The lowest BCUT2D eigenvalue weighted by molar-refractivity contribution is -0.119. The van der Waals surface area contributed by atoms with Crippen molar-refractivity contribution >= 4 is 21.4 Å². The van der Waals surface area contributed by atoms with Gasteiger partial charge in [0, 0.05) is 18.5 Å². The highest BCUT2D eigenvalue weighted by atomic mass is 32.2. The van der Waals surface area contributed by atoms with Crippen molar-refractivity contribution in [3.05, 3.63) is 65.2 Å². The molecule has 0 aliphatic carbocycles. The summed E-state index contributed by atoms with van der Waals surface area (Å²) in [6.07, 6.45) is 1.97. The van der Waals surface area contributed by atoms with E-state index < -0.39 is 9.84 Å². The van der Waals surface area contributed by atoms with Crippen molar-refractivity contribution in [1.29, 1.82) is 0 Å². The van der Waals surface area contributed by atoms with Gasteiger partial charge in [0.2, 0.25) is 5.91 Å². The molecule has 6 heteroatoms. The van der Waals surface area contributed by atoms with Crippen LogP contribution in [0.1, 0.15) is 36.5 Å². The van der Waals surface area contributed by atoms with Crippen molar-refractivity contribution in [2.24, 2.45) is 0 Å². The van der Waals surface area contributed by atoms with E-state index in [1.807, 2.05) is 6.07 Å². The maximum atomic E-state index is 12.1. The third-order valence-electron chi connectivity index (χ3n) is 4.26. The van der Waals surface area contributed by atoms with E-state index in [2.05, 4.69) is 48.7 Å². The molecule has 2 N–H and O–H groups in total. The highest BCUT2D eigenvalue weighted by Crippen LogP contribution is 2.17. The number of nitrogens with one attached hydrogen (secondary N) is 2. The summed E-state index contributed by atoms with van der Waals surface area (Å²) in [4.78, 5) is 12.1. The summed E-state index contributed by atoms with van der Waals surface area (Å²) < 4.78 is 23.0. The Balaban J connectivity index is 1.80. The highest BCUT2D eigenvalue weighted by molar-refractivity contribution is 7.89. The zero-order valence-corrected chi connectivity index (χ0v) is 17.0. The SMILES string of the molecule is CC(C)c1ccc(CCNC(=O)CNc2ccccc2CS(C)(=O)=O)cc1. The lowest BCUT2D eigenvalue weighted by atomic mass is 10.0. The fourth-order valence-corrected chi connectivity index (χ4v) is 3.57. The van der Waals surface area contributed by atoms with Gasteiger partial charge >= 0.3 is 0 Å². The van der Waals surface area contributed by atoms with Crippen LogP contribution in [0.3, 0.4) is 0 Å². The van der Waals surface area contributed by atoms with Crippen LogP contribution < -0.4 is 10.6 Å². The Morgan fingerprint density at radius 2 is 1.70 bits per heavy atom. The summed E-state index contributed by atoms with van der Waals surface area (Å²) in [5.41, 5.74) is 3.83. The van der Waals surface area contributed by atoms with Crippen molar-refractivity contribution in [3.8, 4) is 0 Å². The Hall–Kier alpha value is -2.34. The van der Waals surface area contributed by atoms with E-state index in [9.17, 15) is 13.2 Å². The van der Waals surface area contributed by atoms with E-state index in [0.717, 1.165) is 6.42 Å². The molecule has 0 fully saturated rings. The van der Waals surface area contributed by atoms with Crippen LogP contribution in [0.4, 0.5) is 5.69 Å². The topological polar surface area (TPSA) is 75.3 Å². The Kier molecular flexibility index (Phi) is 7.42. The zero-order chi connectivity index (χ0) is 19.9. The number of carbonyl (C=O) groups is 1. The van der Waals surface area contributed by atoms with Crippen molar-refractivity contribution in [2.45, 2.75) is 31.9 Å². The molecule has 0 atom stereocenters. The molecule has 2 rings (SSSR count). The smallest absolute Gasteiger partial charge is 0.239 e. The average molecular weight is 389 g/mol. The molecule has 0 unspecified atom stereocenters. The summed E-state index contributed by atoms with van der Waals surface area (Å²) >= 11 is 0. The number of benzene rings is 2. The highest BCUT2D eigenvalue weighted by Gasteiger charge is 2.10. The summed E-state index contributed by atoms with van der Waals surface area (Å²) in [6.45, 7) is 4.99. The number of carbonyl (C=O) groups excluding carboxylic acids is 1. The minimum Gasteiger partial charge on any atom is -0.376 e. The van der Waals surface area contributed by atoms with E-state index >= 15 is 0 Å². The van der Waals surface area contributed by atoms with Gasteiger partial charge in [0.05, 0.1) is 12.3 Å². The average Bonchev–Trinajstić information content (AvgIpc) is 2.60. The molecular formula is C21H28N2O3S. The molecule has 0 heterocycles. The molecule has 0 aromatic heterocycles. The van der Waals surface area contributed by atoms with Crippen LogP contribution in [0.5, 0.6) is 0 Å². The second-order valence-corrected chi connectivity index (χ2v) is 9.22. The van der Waals surface area contributed by atoms with Crippen LogP contribution >= 0.6 is 0 Å². The Morgan fingerprint density at radius 1 is 1.04 bits per heavy atom. The third-order valence-corrected chi connectivity index (χ3v) is 5.09. The number of para-hydroxylation sites is 1. The first-order chi connectivity index (χ1) is 12.7. The predicted octanol–water partition coefficient (Wildman–Crippen LogP) is 3.13. The van der Waals surface area contributed by atoms with Gasteiger partial charge in [-0.2, -0.15) is 0 Å². The zero-order valence-electron chi connectivity index (χ0n) is 16.2. The maximum absolute atomic E-state index is 12.1. The summed E-state index contributed by atoms with van der Waals surface area (Å²) in [5.74, 6) is 0.336. The van der Waals surface area contributed by atoms with Gasteiger partial charge in [0.15, 0.2) is 9.84 Å². The molecule has 0 saturated heterocycles. The molecule has 0 aliphatic rings. The summed E-state index contributed by atoms with van der Waals surface area (Å²) in [5, 5.41) is 5.91. The maximum Gasteiger partial charge on any atom is 0.239 e. The molecule has 5 nitrogen and oxygen atoms in total. The van der Waals surface area contributed by atoms with E-state index in [1.165, 1.54) is 17.4 Å². The molecule has 146 valence electrons. The normalized spacial score (nSPS) is 11.4. The van der Waals surface area contributed by atoms with Gasteiger partial charge in [-0.25, -0.2) is 8.42 Å². The van der Waals surface area contributed by atoms with Gasteiger partial charge in [-0.05, 0) is 35.1 Å². The Bertz CT molecular complexity index is 859. The van der Waals surface area contributed by atoms with Gasteiger partial charge in [-0.1, -0.05) is 56.3 Å². The largest absolute Gasteiger partial charge is 0.376 e. The van der Waals surface area contributed by atoms with Crippen LogP contribution in [0, 0.1) is 0 Å². The third kappa shape index (κ3) is 7.43. The summed E-state index contributed by atoms with van der Waals surface area (Å²) in [6, 6.07) is 15.6. The number of hydrogen-bond donors (Lipinski definition) is 2. The molecule has 1 amide bonds. The van der Waals surface area contributed by atoms with E-state index in [0.29, 0.717) is 23.7 Å². The molecule has 27 heavy (non-hydrogen) atoms. The minimum absolute atomic E-state index is 0.0514.